The molecule has 4 nitrogen and oxygen atoms in total. The van der Waals surface area contributed by atoms with Crippen molar-refractivity contribution in [3.05, 3.63) is 64.7 Å². The summed E-state index contributed by atoms with van der Waals surface area (Å²) in [6.45, 7) is 7.77. The summed E-state index contributed by atoms with van der Waals surface area (Å²) in [6.07, 6.45) is 1.85. The molecule has 0 aliphatic heterocycles. The smallest absolute Gasteiger partial charge is 0.283 e. The fourth-order valence-corrected chi connectivity index (χ4v) is 4.59. The quantitative estimate of drug-likeness (QED) is 0.460. The molecule has 0 N–H and O–H groups in total. The lowest BCUT2D eigenvalue weighted by Gasteiger charge is -2.30. The van der Waals surface area contributed by atoms with Crippen LogP contribution in [0.1, 0.15) is 43.9 Å². The van der Waals surface area contributed by atoms with Gasteiger partial charge in [0.25, 0.3) is 10.0 Å². The van der Waals surface area contributed by atoms with Crippen LogP contribution in [0.2, 0.25) is 5.02 Å². The van der Waals surface area contributed by atoms with E-state index in [0.717, 1.165) is 37.1 Å². The van der Waals surface area contributed by atoms with Crippen LogP contribution in [0.15, 0.2) is 57.8 Å². The zero-order chi connectivity index (χ0) is 20.7. The fraction of sp³-hybridized carbons (Fsp3) is 0.381. The Labute approximate surface area is 178 Å². The third-order valence-electron chi connectivity index (χ3n) is 4.32. The van der Waals surface area contributed by atoms with Crippen molar-refractivity contribution in [1.82, 2.24) is 4.90 Å². The first-order valence-electron chi connectivity index (χ1n) is 9.35. The minimum Gasteiger partial charge on any atom is -0.290 e. The maximum Gasteiger partial charge on any atom is 0.283 e. The van der Waals surface area contributed by atoms with E-state index in [1.54, 1.807) is 0 Å². The average molecular weight is 441 g/mol. The van der Waals surface area contributed by atoms with Crippen LogP contribution in [0.4, 0.5) is 0 Å². The summed E-state index contributed by atoms with van der Waals surface area (Å²) in [4.78, 5) is 2.24. The van der Waals surface area contributed by atoms with Crippen LogP contribution in [0, 0.1) is 6.92 Å². The van der Waals surface area contributed by atoms with Gasteiger partial charge in [-0.15, -0.1) is 4.40 Å². The Morgan fingerprint density at radius 1 is 1.00 bits per heavy atom. The lowest BCUT2D eigenvalue weighted by atomic mass is 10.0. The number of rotatable bonds is 9. The summed E-state index contributed by atoms with van der Waals surface area (Å²) >= 11 is 12.4. The number of sulfonamides is 1. The fourth-order valence-electron chi connectivity index (χ4n) is 3.02. The Hall–Kier alpha value is -1.40. The first-order valence-corrected chi connectivity index (χ1v) is 11.5. The molecule has 2 aromatic carbocycles. The van der Waals surface area contributed by atoms with E-state index in [2.05, 4.69) is 23.1 Å². The van der Waals surface area contributed by atoms with Gasteiger partial charge in [-0.05, 0) is 62.7 Å². The molecule has 2 rings (SSSR count). The van der Waals surface area contributed by atoms with Gasteiger partial charge in [-0.2, -0.15) is 8.42 Å². The number of aryl methyl sites for hydroxylation is 1. The van der Waals surface area contributed by atoms with E-state index in [4.69, 9.17) is 23.2 Å². The molecule has 0 aromatic heterocycles. The molecule has 152 valence electrons. The highest BCUT2D eigenvalue weighted by Gasteiger charge is 2.26. The molecule has 0 aliphatic carbocycles. The van der Waals surface area contributed by atoms with E-state index in [-0.39, 0.29) is 10.1 Å². The standard InChI is InChI=1S/C21H26Cl2N2O2S/c1-4-14-25(15-5-2)20(17-8-6-16(3)7-9-17)21(23)24-28(26,27)19-12-10-18(22)11-13-19/h6-13,20H,4-5,14-15H2,1-3H3/b24-21-. The summed E-state index contributed by atoms with van der Waals surface area (Å²) in [7, 11) is -3.93. The third kappa shape index (κ3) is 6.05. The van der Waals surface area contributed by atoms with Crippen molar-refractivity contribution >= 4 is 38.4 Å². The van der Waals surface area contributed by atoms with Crippen molar-refractivity contribution < 1.29 is 8.42 Å². The number of hydrogen-bond acceptors (Lipinski definition) is 3. The molecule has 0 aliphatic rings. The molecule has 0 radical (unpaired) electrons. The molecule has 0 amide bonds. The molecule has 0 saturated heterocycles. The molecule has 0 saturated carbocycles. The SMILES string of the molecule is CCCN(CCC)C(/C(Cl)=N/S(=O)(=O)c1ccc(Cl)cc1)c1ccc(C)cc1. The summed E-state index contributed by atoms with van der Waals surface area (Å²) in [6, 6.07) is 13.4. The number of nitrogens with zero attached hydrogens (tertiary/aromatic N) is 2. The van der Waals surface area contributed by atoms with Crippen LogP contribution in [-0.2, 0) is 10.0 Å². The maximum atomic E-state index is 12.7. The van der Waals surface area contributed by atoms with Crippen LogP contribution < -0.4 is 0 Å². The highest BCUT2D eigenvalue weighted by molar-refractivity contribution is 7.90. The zero-order valence-corrected chi connectivity index (χ0v) is 18.7. The molecule has 0 spiro atoms. The molecule has 1 atom stereocenters. The van der Waals surface area contributed by atoms with Gasteiger partial charge in [0.2, 0.25) is 0 Å². The van der Waals surface area contributed by atoms with Gasteiger partial charge in [-0.3, -0.25) is 4.90 Å². The van der Waals surface area contributed by atoms with Crippen molar-refractivity contribution in [3.8, 4) is 0 Å². The van der Waals surface area contributed by atoms with E-state index in [0.29, 0.717) is 5.02 Å². The summed E-state index contributed by atoms with van der Waals surface area (Å²) < 4.78 is 29.5. The van der Waals surface area contributed by atoms with Crippen molar-refractivity contribution in [2.75, 3.05) is 13.1 Å². The van der Waals surface area contributed by atoms with Crippen LogP contribution in [0.25, 0.3) is 0 Å². The van der Waals surface area contributed by atoms with Gasteiger partial charge in [-0.1, -0.05) is 66.9 Å². The van der Waals surface area contributed by atoms with Gasteiger partial charge in [-0.25, -0.2) is 0 Å². The van der Waals surface area contributed by atoms with Gasteiger partial charge in [0.1, 0.15) is 5.17 Å². The number of benzene rings is 2. The maximum absolute atomic E-state index is 12.7. The largest absolute Gasteiger partial charge is 0.290 e. The van der Waals surface area contributed by atoms with E-state index in [9.17, 15) is 8.42 Å². The van der Waals surface area contributed by atoms with Crippen LogP contribution in [0.3, 0.4) is 0 Å². The van der Waals surface area contributed by atoms with Crippen molar-refractivity contribution in [1.29, 1.82) is 0 Å². The molecule has 7 heteroatoms. The predicted molar refractivity (Wildman–Crippen MR) is 118 cm³/mol. The zero-order valence-electron chi connectivity index (χ0n) is 16.4. The second kappa shape index (κ2) is 10.4. The lowest BCUT2D eigenvalue weighted by Crippen LogP contribution is -2.34. The summed E-state index contributed by atoms with van der Waals surface area (Å²) in [5, 5.41) is 0.504. The predicted octanol–water partition coefficient (Wildman–Crippen LogP) is 5.84. The Kier molecular flexibility index (Phi) is 8.50. The summed E-state index contributed by atoms with van der Waals surface area (Å²) in [5.74, 6) is 0. The van der Waals surface area contributed by atoms with Crippen molar-refractivity contribution in [2.45, 2.75) is 44.6 Å². The number of halogens is 2. The molecule has 0 fully saturated rings. The topological polar surface area (TPSA) is 49.7 Å². The van der Waals surface area contributed by atoms with Gasteiger partial charge >= 0.3 is 0 Å². The normalized spacial score (nSPS) is 13.7. The first-order chi connectivity index (χ1) is 13.3. The molecule has 0 heterocycles. The van der Waals surface area contributed by atoms with E-state index >= 15 is 0 Å². The van der Waals surface area contributed by atoms with Crippen LogP contribution >= 0.6 is 23.2 Å². The van der Waals surface area contributed by atoms with E-state index < -0.39 is 16.1 Å². The molecule has 2 aromatic rings. The van der Waals surface area contributed by atoms with Crippen molar-refractivity contribution in [2.24, 2.45) is 4.40 Å². The van der Waals surface area contributed by atoms with E-state index in [1.165, 1.54) is 24.3 Å². The second-order valence-corrected chi connectivity index (χ2v) is 9.12. The Balaban J connectivity index is 2.49. The Bertz CT molecular complexity index is 889. The van der Waals surface area contributed by atoms with Crippen LogP contribution in [0.5, 0.6) is 0 Å². The lowest BCUT2D eigenvalue weighted by molar-refractivity contribution is 0.246. The van der Waals surface area contributed by atoms with Gasteiger partial charge < -0.3 is 0 Å². The molecule has 1 unspecified atom stereocenters. The number of hydrogen-bond donors (Lipinski definition) is 0. The second-order valence-electron chi connectivity index (χ2n) is 6.69. The Morgan fingerprint density at radius 2 is 1.54 bits per heavy atom. The molecular weight excluding hydrogens is 415 g/mol. The van der Waals surface area contributed by atoms with E-state index in [1.807, 2.05) is 31.2 Å². The highest BCUT2D eigenvalue weighted by Crippen LogP contribution is 2.27. The first kappa shape index (κ1) is 22.9. The minimum absolute atomic E-state index is 0.0423. The van der Waals surface area contributed by atoms with Gasteiger partial charge in [0.05, 0.1) is 10.9 Å². The van der Waals surface area contributed by atoms with Crippen LogP contribution in [-0.4, -0.2) is 31.6 Å². The monoisotopic (exact) mass is 440 g/mol. The summed E-state index contributed by atoms with van der Waals surface area (Å²) in [5.41, 5.74) is 2.05. The highest BCUT2D eigenvalue weighted by atomic mass is 35.5. The average Bonchev–Trinajstić information content (AvgIpc) is 2.64. The third-order valence-corrected chi connectivity index (χ3v) is 6.27. The molecular formula is C21H26Cl2N2O2S. The Morgan fingerprint density at radius 3 is 2.04 bits per heavy atom. The van der Waals surface area contributed by atoms with Gasteiger partial charge in [0, 0.05) is 5.02 Å². The minimum atomic E-state index is -3.93. The van der Waals surface area contributed by atoms with Crippen molar-refractivity contribution in [3.63, 3.8) is 0 Å². The van der Waals surface area contributed by atoms with Gasteiger partial charge in [0.15, 0.2) is 0 Å². The molecule has 28 heavy (non-hydrogen) atoms. The molecule has 0 bridgehead atoms.